The Morgan fingerprint density at radius 3 is 1.65 bits per heavy atom. The van der Waals surface area contributed by atoms with Gasteiger partial charge in [-0.25, -0.2) is 0 Å². The number of rotatable bonds is 15. The summed E-state index contributed by atoms with van der Waals surface area (Å²) in [6.07, 6.45) is 11.1. The molecule has 0 saturated heterocycles. The molecular formula is C16H34O4. The van der Waals surface area contributed by atoms with Crippen LogP contribution >= 0.6 is 0 Å². The van der Waals surface area contributed by atoms with E-state index < -0.39 is 5.97 Å². The molecule has 0 rings (SSSR count). The Bertz CT molecular complexity index is 185. The highest BCUT2D eigenvalue weighted by molar-refractivity contribution is 4.54. The first-order valence-corrected chi connectivity index (χ1v) is 7.98. The van der Waals surface area contributed by atoms with Gasteiger partial charge in [0.05, 0.1) is 13.0 Å². The molecule has 4 nitrogen and oxygen atoms in total. The molecule has 0 N–H and O–H groups in total. The lowest BCUT2D eigenvalue weighted by Crippen LogP contribution is -2.37. The van der Waals surface area contributed by atoms with Gasteiger partial charge < -0.3 is 18.9 Å². The van der Waals surface area contributed by atoms with Crippen LogP contribution in [0.15, 0.2) is 0 Å². The molecule has 0 aromatic heterocycles. The van der Waals surface area contributed by atoms with Crippen LogP contribution in [0.4, 0.5) is 0 Å². The summed E-state index contributed by atoms with van der Waals surface area (Å²) in [5, 5.41) is 0. The van der Waals surface area contributed by atoms with E-state index in [0.717, 1.165) is 13.0 Å². The smallest absolute Gasteiger partial charge is 0.284 e. The van der Waals surface area contributed by atoms with Gasteiger partial charge in [-0.15, -0.1) is 0 Å². The number of hydrogen-bond acceptors (Lipinski definition) is 4. The van der Waals surface area contributed by atoms with Crippen LogP contribution in [-0.2, 0) is 18.9 Å². The van der Waals surface area contributed by atoms with Crippen LogP contribution in [0.2, 0.25) is 0 Å². The molecule has 0 aliphatic heterocycles. The molecule has 0 radical (unpaired) electrons. The van der Waals surface area contributed by atoms with E-state index in [1.807, 2.05) is 0 Å². The van der Waals surface area contributed by atoms with E-state index >= 15 is 0 Å². The molecule has 122 valence electrons. The second-order valence-corrected chi connectivity index (χ2v) is 5.13. The van der Waals surface area contributed by atoms with Crippen molar-refractivity contribution in [2.24, 2.45) is 0 Å². The van der Waals surface area contributed by atoms with Gasteiger partial charge in [0.25, 0.3) is 5.97 Å². The summed E-state index contributed by atoms with van der Waals surface area (Å²) in [6.45, 7) is 3.65. The van der Waals surface area contributed by atoms with Crippen LogP contribution in [0.1, 0.15) is 64.7 Å². The van der Waals surface area contributed by atoms with E-state index in [2.05, 4.69) is 6.92 Å². The third-order valence-electron chi connectivity index (χ3n) is 3.63. The van der Waals surface area contributed by atoms with Crippen molar-refractivity contribution < 1.29 is 18.9 Å². The number of ether oxygens (including phenoxy) is 4. The highest BCUT2D eigenvalue weighted by Gasteiger charge is 2.28. The van der Waals surface area contributed by atoms with Gasteiger partial charge in [-0.3, -0.25) is 0 Å². The topological polar surface area (TPSA) is 36.9 Å². The molecule has 0 spiro atoms. The standard InChI is InChI=1S/C16H34O4/c1-5-6-7-8-9-10-11-12-14-20-15-13-16(17-2,18-3)19-4/h5-15H2,1-4H3. The average molecular weight is 290 g/mol. The molecule has 0 aromatic rings. The van der Waals surface area contributed by atoms with Crippen molar-refractivity contribution in [3.05, 3.63) is 0 Å². The zero-order valence-corrected chi connectivity index (χ0v) is 13.9. The van der Waals surface area contributed by atoms with Gasteiger partial charge in [0.1, 0.15) is 0 Å². The Morgan fingerprint density at radius 2 is 1.15 bits per heavy atom. The number of hydrogen-bond donors (Lipinski definition) is 0. The Labute approximate surface area is 125 Å². The molecule has 0 unspecified atom stereocenters. The zero-order valence-electron chi connectivity index (χ0n) is 13.9. The van der Waals surface area contributed by atoms with E-state index in [1.54, 1.807) is 21.3 Å². The van der Waals surface area contributed by atoms with Crippen LogP contribution in [-0.4, -0.2) is 40.5 Å². The van der Waals surface area contributed by atoms with Crippen molar-refractivity contribution in [1.82, 2.24) is 0 Å². The minimum Gasteiger partial charge on any atom is -0.381 e. The van der Waals surface area contributed by atoms with Crippen LogP contribution < -0.4 is 0 Å². The third-order valence-corrected chi connectivity index (χ3v) is 3.63. The van der Waals surface area contributed by atoms with E-state index in [1.165, 1.54) is 44.9 Å². The van der Waals surface area contributed by atoms with Gasteiger partial charge in [-0.1, -0.05) is 51.9 Å². The van der Waals surface area contributed by atoms with Gasteiger partial charge in [-0.2, -0.15) is 0 Å². The molecular weight excluding hydrogens is 256 g/mol. The lowest BCUT2D eigenvalue weighted by Gasteiger charge is -2.28. The summed E-state index contributed by atoms with van der Waals surface area (Å²) >= 11 is 0. The van der Waals surface area contributed by atoms with Crippen LogP contribution in [0, 0.1) is 0 Å². The van der Waals surface area contributed by atoms with Gasteiger partial charge in [-0.05, 0) is 6.42 Å². The molecule has 0 amide bonds. The van der Waals surface area contributed by atoms with Crippen molar-refractivity contribution in [3.8, 4) is 0 Å². The second-order valence-electron chi connectivity index (χ2n) is 5.13. The van der Waals surface area contributed by atoms with E-state index in [-0.39, 0.29) is 0 Å². The summed E-state index contributed by atoms with van der Waals surface area (Å²) in [5.74, 6) is -0.959. The van der Waals surface area contributed by atoms with Gasteiger partial charge >= 0.3 is 0 Å². The Balaban J connectivity index is 3.32. The molecule has 0 saturated carbocycles. The fourth-order valence-electron chi connectivity index (χ4n) is 2.19. The highest BCUT2D eigenvalue weighted by Crippen LogP contribution is 2.17. The Kier molecular flexibility index (Phi) is 13.7. The first kappa shape index (κ1) is 19.8. The quantitative estimate of drug-likeness (QED) is 0.336. The third kappa shape index (κ3) is 9.70. The lowest BCUT2D eigenvalue weighted by atomic mass is 10.1. The monoisotopic (exact) mass is 290 g/mol. The van der Waals surface area contributed by atoms with Crippen molar-refractivity contribution in [2.45, 2.75) is 70.7 Å². The molecule has 0 aromatic carbocycles. The molecule has 0 heterocycles. The Morgan fingerprint density at radius 1 is 0.650 bits per heavy atom. The van der Waals surface area contributed by atoms with Crippen molar-refractivity contribution in [2.75, 3.05) is 34.5 Å². The minimum absolute atomic E-state index is 0.577. The van der Waals surface area contributed by atoms with Gasteiger partial charge in [0.15, 0.2) is 0 Å². The van der Waals surface area contributed by atoms with Crippen LogP contribution in [0.25, 0.3) is 0 Å². The molecule has 0 aliphatic rings. The predicted molar refractivity (Wildman–Crippen MR) is 81.8 cm³/mol. The maximum atomic E-state index is 5.60. The van der Waals surface area contributed by atoms with Gasteiger partial charge in [0, 0.05) is 27.9 Å². The Hall–Kier alpha value is -0.160. The minimum atomic E-state index is -0.959. The first-order chi connectivity index (χ1) is 9.74. The molecule has 0 aliphatic carbocycles. The number of unbranched alkanes of at least 4 members (excludes halogenated alkanes) is 7. The van der Waals surface area contributed by atoms with Crippen molar-refractivity contribution in [3.63, 3.8) is 0 Å². The summed E-state index contributed by atoms with van der Waals surface area (Å²) in [6, 6.07) is 0. The summed E-state index contributed by atoms with van der Waals surface area (Å²) in [5.41, 5.74) is 0. The molecule has 0 atom stereocenters. The summed E-state index contributed by atoms with van der Waals surface area (Å²) in [4.78, 5) is 0. The fourth-order valence-corrected chi connectivity index (χ4v) is 2.19. The van der Waals surface area contributed by atoms with Crippen molar-refractivity contribution in [1.29, 1.82) is 0 Å². The maximum Gasteiger partial charge on any atom is 0.284 e. The average Bonchev–Trinajstić information content (AvgIpc) is 2.49. The summed E-state index contributed by atoms with van der Waals surface area (Å²) < 4.78 is 21.2. The number of methoxy groups -OCH3 is 3. The van der Waals surface area contributed by atoms with E-state index in [4.69, 9.17) is 18.9 Å². The molecule has 20 heavy (non-hydrogen) atoms. The molecule has 0 fully saturated rings. The largest absolute Gasteiger partial charge is 0.381 e. The summed E-state index contributed by atoms with van der Waals surface area (Å²) in [7, 11) is 4.72. The zero-order chi connectivity index (χ0) is 15.1. The van der Waals surface area contributed by atoms with Gasteiger partial charge in [0.2, 0.25) is 0 Å². The van der Waals surface area contributed by atoms with Crippen LogP contribution in [0.5, 0.6) is 0 Å². The highest BCUT2D eigenvalue weighted by atomic mass is 16.9. The first-order valence-electron chi connectivity index (χ1n) is 7.98. The van der Waals surface area contributed by atoms with E-state index in [9.17, 15) is 0 Å². The fraction of sp³-hybridized carbons (Fsp3) is 1.00. The van der Waals surface area contributed by atoms with Crippen molar-refractivity contribution >= 4 is 0 Å². The second kappa shape index (κ2) is 13.8. The van der Waals surface area contributed by atoms with E-state index in [0.29, 0.717) is 13.0 Å². The molecule has 0 bridgehead atoms. The lowest BCUT2D eigenvalue weighted by molar-refractivity contribution is -0.357. The predicted octanol–water partition coefficient (Wildman–Crippen LogP) is 4.13. The SMILES string of the molecule is CCCCCCCCCCOCCC(OC)(OC)OC. The molecule has 4 heteroatoms. The maximum absolute atomic E-state index is 5.60. The van der Waals surface area contributed by atoms with Crippen LogP contribution in [0.3, 0.4) is 0 Å². The normalized spacial score (nSPS) is 12.0.